The van der Waals surface area contributed by atoms with E-state index in [2.05, 4.69) is 0 Å². The first-order valence-corrected chi connectivity index (χ1v) is 6.26. The molecule has 0 aromatic heterocycles. The Morgan fingerprint density at radius 2 is 2.36 bits per heavy atom. The van der Waals surface area contributed by atoms with Crippen molar-refractivity contribution in [3.63, 3.8) is 0 Å². The molecule has 1 amide bonds. The van der Waals surface area contributed by atoms with Gasteiger partial charge >= 0.3 is 0 Å². The Hall–Kier alpha value is -0.220. The molecule has 1 saturated heterocycles. The van der Waals surface area contributed by atoms with E-state index in [-0.39, 0.29) is 11.3 Å². The van der Waals surface area contributed by atoms with Crippen molar-refractivity contribution in [3.05, 3.63) is 0 Å². The van der Waals surface area contributed by atoms with E-state index in [1.54, 1.807) is 16.7 Å². The molecule has 3 nitrogen and oxygen atoms in total. The molecule has 1 heterocycles. The van der Waals surface area contributed by atoms with Crippen LogP contribution in [0.5, 0.6) is 0 Å². The lowest BCUT2D eigenvalue weighted by atomic mass is 10.2. The number of ether oxygens (including phenoxy) is 1. The zero-order chi connectivity index (χ0) is 10.4. The van der Waals surface area contributed by atoms with Gasteiger partial charge in [-0.2, -0.15) is 0 Å². The van der Waals surface area contributed by atoms with Gasteiger partial charge in [0.2, 0.25) is 5.91 Å². The van der Waals surface area contributed by atoms with Crippen molar-refractivity contribution in [2.45, 2.75) is 31.6 Å². The number of rotatable bonds is 4. The molecule has 0 saturated carbocycles. The Morgan fingerprint density at radius 1 is 1.57 bits per heavy atom. The molecule has 14 heavy (non-hydrogen) atoms. The zero-order valence-electron chi connectivity index (χ0n) is 8.99. The summed E-state index contributed by atoms with van der Waals surface area (Å²) in [6, 6.07) is 0. The first-order valence-electron chi connectivity index (χ1n) is 5.21. The third-order valence-electron chi connectivity index (χ3n) is 2.43. The fraction of sp³-hybridized carbons (Fsp3) is 0.900. The summed E-state index contributed by atoms with van der Waals surface area (Å²) in [6.07, 6.45) is 3.49. The first-order chi connectivity index (χ1) is 6.74. The molecule has 0 aliphatic carbocycles. The summed E-state index contributed by atoms with van der Waals surface area (Å²) in [7, 11) is 1.84. The van der Waals surface area contributed by atoms with Crippen LogP contribution in [0.1, 0.15) is 26.2 Å². The topological polar surface area (TPSA) is 29.5 Å². The van der Waals surface area contributed by atoms with Crippen LogP contribution in [-0.4, -0.2) is 42.2 Å². The van der Waals surface area contributed by atoms with Crippen molar-refractivity contribution >= 4 is 17.7 Å². The molecule has 82 valence electrons. The number of carbonyl (C=O) groups excluding carboxylic acids is 1. The molecule has 1 aliphatic rings. The van der Waals surface area contributed by atoms with Crippen LogP contribution in [0.2, 0.25) is 0 Å². The van der Waals surface area contributed by atoms with Gasteiger partial charge in [0.25, 0.3) is 0 Å². The highest BCUT2D eigenvalue weighted by molar-refractivity contribution is 8.00. The van der Waals surface area contributed by atoms with Crippen molar-refractivity contribution < 1.29 is 9.53 Å². The quantitative estimate of drug-likeness (QED) is 0.718. The van der Waals surface area contributed by atoms with E-state index in [4.69, 9.17) is 4.74 Å². The van der Waals surface area contributed by atoms with Gasteiger partial charge in [-0.1, -0.05) is 0 Å². The molecule has 0 radical (unpaired) electrons. The summed E-state index contributed by atoms with van der Waals surface area (Å²) in [5.74, 6) is 0.751. The predicted molar refractivity (Wildman–Crippen MR) is 59.4 cm³/mol. The maximum atomic E-state index is 11.5. The first kappa shape index (κ1) is 11.9. The zero-order valence-corrected chi connectivity index (χ0v) is 9.81. The highest BCUT2D eigenvalue weighted by Gasteiger charge is 2.16. The lowest BCUT2D eigenvalue weighted by Crippen LogP contribution is -2.29. The fourth-order valence-electron chi connectivity index (χ4n) is 1.29. The second-order valence-electron chi connectivity index (χ2n) is 3.52. The maximum Gasteiger partial charge on any atom is 0.232 e. The van der Waals surface area contributed by atoms with Crippen LogP contribution in [0.3, 0.4) is 0 Å². The van der Waals surface area contributed by atoms with Crippen LogP contribution < -0.4 is 0 Å². The van der Waals surface area contributed by atoms with E-state index in [9.17, 15) is 4.79 Å². The van der Waals surface area contributed by atoms with Crippen molar-refractivity contribution in [3.8, 4) is 0 Å². The number of nitrogens with zero attached hydrogens (tertiary/aromatic N) is 1. The molecule has 0 N–H and O–H groups in total. The summed E-state index contributed by atoms with van der Waals surface area (Å²) in [5, 5.41) is 0. The summed E-state index contributed by atoms with van der Waals surface area (Å²) in [5.41, 5.74) is 0.248. The Labute approximate surface area is 90.2 Å². The monoisotopic (exact) mass is 217 g/mol. The lowest BCUT2D eigenvalue weighted by Gasteiger charge is -2.22. The average molecular weight is 217 g/mol. The van der Waals surface area contributed by atoms with Gasteiger partial charge in [-0.25, -0.2) is 0 Å². The number of hydrogen-bond donors (Lipinski definition) is 0. The molecular weight excluding hydrogens is 198 g/mol. The van der Waals surface area contributed by atoms with E-state index in [0.29, 0.717) is 5.75 Å². The third kappa shape index (κ3) is 3.88. The minimum atomic E-state index is 0.201. The summed E-state index contributed by atoms with van der Waals surface area (Å²) in [6.45, 7) is 3.63. The van der Waals surface area contributed by atoms with Crippen LogP contribution in [0, 0.1) is 0 Å². The van der Waals surface area contributed by atoms with E-state index < -0.39 is 0 Å². The minimum absolute atomic E-state index is 0.201. The van der Waals surface area contributed by atoms with Crippen LogP contribution in [0.15, 0.2) is 0 Å². The van der Waals surface area contributed by atoms with Crippen LogP contribution in [0.25, 0.3) is 0 Å². The van der Waals surface area contributed by atoms with Crippen molar-refractivity contribution in [2.24, 2.45) is 0 Å². The second kappa shape index (κ2) is 6.30. The number of hydrogen-bond acceptors (Lipinski definition) is 3. The fourth-order valence-corrected chi connectivity index (χ4v) is 2.37. The van der Waals surface area contributed by atoms with Gasteiger partial charge in [-0.05, 0) is 26.2 Å². The summed E-state index contributed by atoms with van der Waals surface area (Å²) in [4.78, 5) is 13.2. The highest BCUT2D eigenvalue weighted by atomic mass is 32.2. The highest BCUT2D eigenvalue weighted by Crippen LogP contribution is 2.23. The van der Waals surface area contributed by atoms with Crippen molar-refractivity contribution in [2.75, 3.05) is 26.0 Å². The number of thioether (sulfide) groups is 1. The molecule has 0 aromatic carbocycles. The molecule has 1 atom stereocenters. The van der Waals surface area contributed by atoms with E-state index in [1.807, 2.05) is 14.0 Å². The van der Waals surface area contributed by atoms with Crippen molar-refractivity contribution in [1.82, 2.24) is 4.90 Å². The van der Waals surface area contributed by atoms with Gasteiger partial charge in [-0.3, -0.25) is 4.79 Å². The summed E-state index contributed by atoms with van der Waals surface area (Å²) >= 11 is 1.64. The normalized spacial score (nSPS) is 22.0. The lowest BCUT2D eigenvalue weighted by molar-refractivity contribution is -0.126. The molecule has 1 rings (SSSR count). The Bertz CT molecular complexity index is 181. The molecule has 1 fully saturated rings. The van der Waals surface area contributed by atoms with Gasteiger partial charge in [0.1, 0.15) is 5.44 Å². The molecule has 1 aliphatic heterocycles. The van der Waals surface area contributed by atoms with E-state index >= 15 is 0 Å². The molecule has 4 heteroatoms. The minimum Gasteiger partial charge on any atom is -0.368 e. The smallest absolute Gasteiger partial charge is 0.232 e. The largest absolute Gasteiger partial charge is 0.368 e. The second-order valence-corrected chi connectivity index (χ2v) is 4.66. The standard InChI is InChI=1S/C10H19NO2S/c1-3-11(2)9(12)8-14-10-6-4-5-7-13-10/h10H,3-8H2,1-2H3. The molecule has 0 bridgehead atoms. The molecular formula is C10H19NO2S. The molecule has 0 aromatic rings. The van der Waals surface area contributed by atoms with E-state index in [1.165, 1.54) is 12.8 Å². The van der Waals surface area contributed by atoms with Gasteiger partial charge in [-0.15, -0.1) is 11.8 Å². The van der Waals surface area contributed by atoms with Crippen LogP contribution >= 0.6 is 11.8 Å². The maximum absolute atomic E-state index is 11.5. The van der Waals surface area contributed by atoms with Crippen LogP contribution in [-0.2, 0) is 9.53 Å². The predicted octanol–water partition coefficient (Wildman–Crippen LogP) is 1.72. The van der Waals surface area contributed by atoms with Gasteiger partial charge in [0.15, 0.2) is 0 Å². The Morgan fingerprint density at radius 3 is 2.93 bits per heavy atom. The van der Waals surface area contributed by atoms with Gasteiger partial charge in [0, 0.05) is 20.2 Å². The van der Waals surface area contributed by atoms with Gasteiger partial charge in [0.05, 0.1) is 5.75 Å². The number of amides is 1. The third-order valence-corrected chi connectivity index (χ3v) is 3.59. The Balaban J connectivity index is 2.15. The molecule has 1 unspecified atom stereocenters. The number of carbonyl (C=O) groups is 1. The SMILES string of the molecule is CCN(C)C(=O)CSC1CCCCO1. The molecule has 0 spiro atoms. The van der Waals surface area contributed by atoms with Gasteiger partial charge < -0.3 is 9.64 Å². The summed E-state index contributed by atoms with van der Waals surface area (Å²) < 4.78 is 5.53. The average Bonchev–Trinajstić information content (AvgIpc) is 2.26. The van der Waals surface area contributed by atoms with E-state index in [0.717, 1.165) is 19.6 Å². The Kier molecular flexibility index (Phi) is 5.33. The van der Waals surface area contributed by atoms with Crippen molar-refractivity contribution in [1.29, 1.82) is 0 Å². The van der Waals surface area contributed by atoms with Crippen LogP contribution in [0.4, 0.5) is 0 Å².